The molecule has 45 heavy (non-hydrogen) atoms. The highest BCUT2D eigenvalue weighted by Gasteiger charge is 2.35. The molecule has 0 bridgehead atoms. The summed E-state index contributed by atoms with van der Waals surface area (Å²) in [7, 11) is 8.11. The summed E-state index contributed by atoms with van der Waals surface area (Å²) in [6.07, 6.45) is 0.480. The second-order valence-electron chi connectivity index (χ2n) is 9.98. The molecule has 2 amide bonds. The zero-order chi connectivity index (χ0) is 31.9. The molecule has 1 unspecified atom stereocenters. The number of hydrogen-bond donors (Lipinski definition) is 1. The molecule has 2 heterocycles. The molecule has 1 aliphatic heterocycles. The molecule has 1 N–H and O–H groups in total. The van der Waals surface area contributed by atoms with Crippen molar-refractivity contribution in [2.45, 2.75) is 24.2 Å². The van der Waals surface area contributed by atoms with Crippen LogP contribution in [0.5, 0.6) is 23.0 Å². The van der Waals surface area contributed by atoms with Crippen molar-refractivity contribution in [1.29, 1.82) is 0 Å². The summed E-state index contributed by atoms with van der Waals surface area (Å²) in [6.45, 7) is 0.160. The molecule has 0 fully saturated rings. The fraction of sp³-hybridized carbons (Fsp3) is 0.281. The van der Waals surface area contributed by atoms with Gasteiger partial charge in [-0.05, 0) is 54.1 Å². The molecule has 13 heteroatoms. The molecule has 0 saturated heterocycles. The van der Waals surface area contributed by atoms with Crippen molar-refractivity contribution in [3.05, 3.63) is 89.2 Å². The number of carbonyl (C=O) groups is 2. The van der Waals surface area contributed by atoms with Gasteiger partial charge in [-0.2, -0.15) is 5.10 Å². The van der Waals surface area contributed by atoms with Crippen LogP contribution in [0.4, 0.5) is 0 Å². The molecule has 0 spiro atoms. The number of hydrogen-bond acceptors (Lipinski definition) is 10. The van der Waals surface area contributed by atoms with Crippen molar-refractivity contribution < 1.29 is 28.5 Å². The molecule has 1 aliphatic rings. The minimum atomic E-state index is -0.415. The van der Waals surface area contributed by atoms with E-state index in [0.29, 0.717) is 40.2 Å². The number of para-hydroxylation sites is 1. The van der Waals surface area contributed by atoms with Gasteiger partial charge in [-0.1, -0.05) is 30.0 Å². The van der Waals surface area contributed by atoms with Gasteiger partial charge in [-0.15, -0.1) is 10.2 Å². The Balaban J connectivity index is 1.31. The van der Waals surface area contributed by atoms with Crippen molar-refractivity contribution in [2.24, 2.45) is 12.1 Å². The van der Waals surface area contributed by atoms with Gasteiger partial charge in [-0.3, -0.25) is 9.59 Å². The summed E-state index contributed by atoms with van der Waals surface area (Å²) in [5.41, 5.74) is 2.91. The molecular weight excluding hydrogens is 596 g/mol. The number of nitrogens with one attached hydrogen (secondary N) is 1. The van der Waals surface area contributed by atoms with Crippen LogP contribution in [-0.4, -0.2) is 71.5 Å². The van der Waals surface area contributed by atoms with Gasteiger partial charge in [0.15, 0.2) is 22.5 Å². The van der Waals surface area contributed by atoms with Crippen LogP contribution >= 0.6 is 11.8 Å². The zero-order valence-corrected chi connectivity index (χ0v) is 26.5. The number of methoxy groups -OCH3 is 4. The SMILES string of the molecule is COc1ccc(C2=NN(C(=O)CSc3nnc(CNC(=O)c4cccc(OC)c4)n3C)C(c3cccc(OC)c3OC)C2)cc1. The number of ether oxygens (including phenoxy) is 4. The van der Waals surface area contributed by atoms with E-state index in [1.54, 1.807) is 64.3 Å². The molecule has 0 aliphatic carbocycles. The third-order valence-corrected chi connectivity index (χ3v) is 8.38. The number of aromatic nitrogens is 3. The lowest BCUT2D eigenvalue weighted by molar-refractivity contribution is -0.130. The van der Waals surface area contributed by atoms with E-state index in [9.17, 15) is 9.59 Å². The van der Waals surface area contributed by atoms with Gasteiger partial charge in [0.25, 0.3) is 11.8 Å². The maximum Gasteiger partial charge on any atom is 0.253 e. The maximum atomic E-state index is 13.8. The highest BCUT2D eigenvalue weighted by atomic mass is 32.2. The van der Waals surface area contributed by atoms with Crippen LogP contribution in [0.25, 0.3) is 0 Å². The minimum absolute atomic E-state index is 0.0598. The summed E-state index contributed by atoms with van der Waals surface area (Å²) in [6, 6.07) is 19.7. The molecule has 0 radical (unpaired) electrons. The van der Waals surface area contributed by atoms with Crippen molar-refractivity contribution in [1.82, 2.24) is 25.1 Å². The molecule has 4 aromatic rings. The van der Waals surface area contributed by atoms with E-state index in [-0.39, 0.29) is 24.1 Å². The van der Waals surface area contributed by atoms with Gasteiger partial charge >= 0.3 is 0 Å². The van der Waals surface area contributed by atoms with Crippen LogP contribution in [0.15, 0.2) is 77.0 Å². The number of amides is 2. The number of carbonyl (C=O) groups excluding carboxylic acids is 2. The first-order valence-electron chi connectivity index (χ1n) is 14.0. The summed E-state index contributed by atoms with van der Waals surface area (Å²) < 4.78 is 23.5. The average Bonchev–Trinajstić information content (AvgIpc) is 3.69. The Kier molecular flexibility index (Phi) is 9.88. The summed E-state index contributed by atoms with van der Waals surface area (Å²) in [4.78, 5) is 26.4. The standard InChI is InChI=1S/C32H34N6O6S/c1-37-28(18-33-31(40)21-8-6-9-23(16-21)42-3)34-35-32(37)45-19-29(39)38-26(24-10-7-11-27(43-4)30(24)44-5)17-25(36-38)20-12-14-22(41-2)15-13-20/h6-16,26H,17-19H2,1-5H3,(H,33,40). The summed E-state index contributed by atoms with van der Waals surface area (Å²) in [5.74, 6) is 2.57. The lowest BCUT2D eigenvalue weighted by atomic mass is 9.97. The average molecular weight is 631 g/mol. The topological polar surface area (TPSA) is 129 Å². The van der Waals surface area contributed by atoms with Gasteiger partial charge in [0.1, 0.15) is 11.5 Å². The molecule has 1 atom stereocenters. The second kappa shape index (κ2) is 14.2. The lowest BCUT2D eigenvalue weighted by Crippen LogP contribution is -2.29. The van der Waals surface area contributed by atoms with E-state index in [1.165, 1.54) is 16.8 Å². The first-order valence-corrected chi connectivity index (χ1v) is 15.0. The van der Waals surface area contributed by atoms with Crippen molar-refractivity contribution in [3.63, 3.8) is 0 Å². The van der Waals surface area contributed by atoms with Gasteiger partial charge in [0.2, 0.25) is 0 Å². The largest absolute Gasteiger partial charge is 0.497 e. The smallest absolute Gasteiger partial charge is 0.253 e. The van der Waals surface area contributed by atoms with E-state index in [1.807, 2.05) is 42.5 Å². The van der Waals surface area contributed by atoms with Crippen LogP contribution in [-0.2, 0) is 18.4 Å². The van der Waals surface area contributed by atoms with Crippen LogP contribution in [0.3, 0.4) is 0 Å². The Morgan fingerprint density at radius 3 is 2.38 bits per heavy atom. The monoisotopic (exact) mass is 630 g/mol. The van der Waals surface area contributed by atoms with Gasteiger partial charge in [0, 0.05) is 24.6 Å². The quantitative estimate of drug-likeness (QED) is 0.229. The maximum absolute atomic E-state index is 13.8. The highest BCUT2D eigenvalue weighted by molar-refractivity contribution is 7.99. The zero-order valence-electron chi connectivity index (χ0n) is 25.6. The molecule has 3 aromatic carbocycles. The molecular formula is C32H34N6O6S. The third kappa shape index (κ3) is 6.88. The van der Waals surface area contributed by atoms with Crippen molar-refractivity contribution >= 4 is 29.3 Å². The Morgan fingerprint density at radius 2 is 1.67 bits per heavy atom. The number of thioether (sulfide) groups is 1. The molecule has 5 rings (SSSR count). The fourth-order valence-electron chi connectivity index (χ4n) is 4.96. The third-order valence-electron chi connectivity index (χ3n) is 7.37. The molecule has 234 valence electrons. The van der Waals surface area contributed by atoms with Gasteiger partial charge in [-0.25, -0.2) is 5.01 Å². The van der Waals surface area contributed by atoms with E-state index in [4.69, 9.17) is 24.0 Å². The van der Waals surface area contributed by atoms with Crippen LogP contribution in [0.2, 0.25) is 0 Å². The summed E-state index contributed by atoms with van der Waals surface area (Å²) in [5, 5.41) is 18.1. The number of hydrazone groups is 1. The van der Waals surface area contributed by atoms with Crippen LogP contribution in [0.1, 0.15) is 39.8 Å². The number of nitrogens with zero attached hydrogens (tertiary/aromatic N) is 5. The summed E-state index contributed by atoms with van der Waals surface area (Å²) >= 11 is 1.24. The van der Waals surface area contributed by atoms with Crippen molar-refractivity contribution in [2.75, 3.05) is 34.2 Å². The van der Waals surface area contributed by atoms with Gasteiger partial charge < -0.3 is 28.8 Å². The fourth-order valence-corrected chi connectivity index (χ4v) is 5.74. The Hall–Kier alpha value is -5.04. The van der Waals surface area contributed by atoms with Gasteiger partial charge in [0.05, 0.1) is 52.5 Å². The predicted octanol–water partition coefficient (Wildman–Crippen LogP) is 4.25. The Morgan fingerprint density at radius 1 is 0.911 bits per heavy atom. The minimum Gasteiger partial charge on any atom is -0.497 e. The normalized spacial score (nSPS) is 14.1. The van der Waals surface area contributed by atoms with Crippen molar-refractivity contribution in [3.8, 4) is 23.0 Å². The first kappa shape index (κ1) is 31.4. The number of benzene rings is 3. The number of rotatable bonds is 12. The van der Waals surface area contributed by atoms with Crippen LogP contribution in [0, 0.1) is 0 Å². The predicted molar refractivity (Wildman–Crippen MR) is 169 cm³/mol. The van der Waals surface area contributed by atoms with Crippen LogP contribution < -0.4 is 24.3 Å². The Bertz CT molecular complexity index is 1710. The van der Waals surface area contributed by atoms with E-state index in [0.717, 1.165) is 22.6 Å². The first-order chi connectivity index (χ1) is 21.9. The second-order valence-corrected chi connectivity index (χ2v) is 10.9. The lowest BCUT2D eigenvalue weighted by Gasteiger charge is -2.24. The van der Waals surface area contributed by atoms with E-state index in [2.05, 4.69) is 15.5 Å². The Labute approximate surface area is 265 Å². The molecule has 1 aromatic heterocycles. The van der Waals surface area contributed by atoms with E-state index >= 15 is 0 Å². The molecule has 0 saturated carbocycles. The van der Waals surface area contributed by atoms with E-state index < -0.39 is 6.04 Å². The highest BCUT2D eigenvalue weighted by Crippen LogP contribution is 2.42. The molecule has 12 nitrogen and oxygen atoms in total.